The maximum Gasteiger partial charge on any atom is 0.204 e. The Morgan fingerprint density at radius 3 is 1.00 bits per heavy atom. The molecule has 0 saturated heterocycles. The van der Waals surface area contributed by atoms with Crippen LogP contribution in [-0.4, -0.2) is 79.7 Å². The van der Waals surface area contributed by atoms with E-state index in [1.54, 1.807) is 0 Å². The topological polar surface area (TPSA) is 55.4 Å². The number of fused-ring (bicyclic) bond motifs is 6. The first kappa shape index (κ1) is 54.6. The standard InChI is InChI=1S/C54H78F6O6/c55-27-13-1-7-19-33-61-43-25-26-44-45(39-43)46-40-49(62-34-20-8-2-14-28-56)50(63-35-21-9-3-15-29-57)41-47(46)48-42-51(64-36-22-10-4-16-30-58)53(65-37-23-11-5-17-31-59)54(52(44)48)66-38-24-12-6-18-32-60/h25-26,39-42H,1-24,27-38H2. The molecule has 0 spiro atoms. The van der Waals surface area contributed by atoms with Crippen molar-refractivity contribution in [1.29, 1.82) is 0 Å². The molecule has 0 atom stereocenters. The molecule has 0 saturated carbocycles. The van der Waals surface area contributed by atoms with E-state index >= 15 is 0 Å². The quantitative estimate of drug-likeness (QED) is 0.0251. The predicted molar refractivity (Wildman–Crippen MR) is 259 cm³/mol. The van der Waals surface area contributed by atoms with E-state index in [0.717, 1.165) is 135 Å². The van der Waals surface area contributed by atoms with Crippen molar-refractivity contribution >= 4 is 32.3 Å². The van der Waals surface area contributed by atoms with Gasteiger partial charge in [-0.25, -0.2) is 0 Å². The average molecular weight is 937 g/mol. The fourth-order valence-corrected chi connectivity index (χ4v) is 8.15. The molecule has 0 unspecified atom stereocenters. The molecule has 0 bridgehead atoms. The summed E-state index contributed by atoms with van der Waals surface area (Å²) in [4.78, 5) is 0. The summed E-state index contributed by atoms with van der Waals surface area (Å²) in [6.45, 7) is 0.371. The number of hydrogen-bond acceptors (Lipinski definition) is 6. The van der Waals surface area contributed by atoms with E-state index in [0.29, 0.717) is 126 Å². The molecule has 0 aromatic heterocycles. The van der Waals surface area contributed by atoms with Crippen LogP contribution in [0.5, 0.6) is 34.5 Å². The van der Waals surface area contributed by atoms with Gasteiger partial charge in [-0.1, -0.05) is 38.5 Å². The van der Waals surface area contributed by atoms with E-state index in [2.05, 4.69) is 0 Å². The number of halogens is 6. The van der Waals surface area contributed by atoms with E-state index in [4.69, 9.17) is 28.4 Å². The van der Waals surface area contributed by atoms with Crippen LogP contribution in [0.3, 0.4) is 0 Å². The van der Waals surface area contributed by atoms with Crippen molar-refractivity contribution in [1.82, 2.24) is 0 Å². The van der Waals surface area contributed by atoms with Gasteiger partial charge in [-0.2, -0.15) is 0 Å². The minimum atomic E-state index is -0.357. The van der Waals surface area contributed by atoms with Crippen molar-refractivity contribution < 1.29 is 54.8 Å². The van der Waals surface area contributed by atoms with Crippen LogP contribution in [0, 0.1) is 0 Å². The highest BCUT2D eigenvalue weighted by atomic mass is 19.1. The Morgan fingerprint density at radius 2 is 0.576 bits per heavy atom. The molecule has 4 aromatic carbocycles. The Labute approximate surface area is 390 Å². The van der Waals surface area contributed by atoms with Crippen molar-refractivity contribution in [2.24, 2.45) is 0 Å². The lowest BCUT2D eigenvalue weighted by molar-refractivity contribution is 0.236. The minimum absolute atomic E-state index is 0.322. The van der Waals surface area contributed by atoms with E-state index in [-0.39, 0.29) is 40.0 Å². The lowest BCUT2D eigenvalue weighted by atomic mass is 9.92. The van der Waals surface area contributed by atoms with Crippen molar-refractivity contribution in [2.45, 2.75) is 154 Å². The van der Waals surface area contributed by atoms with Crippen LogP contribution >= 0.6 is 0 Å². The Morgan fingerprint density at radius 1 is 0.258 bits per heavy atom. The summed E-state index contributed by atoms with van der Waals surface area (Å²) in [6, 6.07) is 12.1. The molecule has 0 aliphatic rings. The predicted octanol–water partition coefficient (Wildman–Crippen LogP) is 16.6. The SMILES string of the molecule is FCCCCCCOc1ccc2c(c1)c1cc(OCCCCCCF)c(OCCCCCCF)cc1c1cc(OCCCCCCF)c(OCCCCCCF)c(OCCCCCCF)c21. The van der Waals surface area contributed by atoms with Gasteiger partial charge in [-0.05, 0) is 179 Å². The highest BCUT2D eigenvalue weighted by Crippen LogP contribution is 2.51. The van der Waals surface area contributed by atoms with Crippen LogP contribution in [-0.2, 0) is 0 Å². The number of unbranched alkanes of at least 4 members (excludes halogenated alkanes) is 18. The molecule has 6 nitrogen and oxygen atoms in total. The Hall–Kier alpha value is -3.96. The molecule has 4 rings (SSSR count). The Kier molecular flexibility index (Phi) is 28.4. The normalized spacial score (nSPS) is 11.5. The fraction of sp³-hybridized carbons (Fsp3) is 0.667. The second-order valence-corrected chi connectivity index (χ2v) is 17.2. The molecule has 0 radical (unpaired) electrons. The van der Waals surface area contributed by atoms with Gasteiger partial charge < -0.3 is 28.4 Å². The summed E-state index contributed by atoms with van der Waals surface area (Å²) >= 11 is 0. The first-order valence-corrected chi connectivity index (χ1v) is 25.3. The van der Waals surface area contributed by atoms with Crippen LogP contribution in [0.15, 0.2) is 36.4 Å². The van der Waals surface area contributed by atoms with Gasteiger partial charge in [0.05, 0.1) is 79.7 Å². The van der Waals surface area contributed by atoms with Gasteiger partial charge in [0, 0.05) is 5.39 Å². The highest BCUT2D eigenvalue weighted by molar-refractivity contribution is 6.28. The number of hydrogen-bond donors (Lipinski definition) is 0. The zero-order valence-electron chi connectivity index (χ0n) is 39.6. The van der Waals surface area contributed by atoms with Crippen LogP contribution in [0.2, 0.25) is 0 Å². The summed E-state index contributed by atoms with van der Waals surface area (Å²) in [6.07, 6.45) is 17.1. The zero-order chi connectivity index (χ0) is 46.9. The maximum atomic E-state index is 13.0. The van der Waals surface area contributed by atoms with E-state index in [9.17, 15) is 26.3 Å². The third kappa shape index (κ3) is 19.0. The van der Waals surface area contributed by atoms with Gasteiger partial charge >= 0.3 is 0 Å². The minimum Gasteiger partial charge on any atom is -0.494 e. The van der Waals surface area contributed by atoms with Crippen molar-refractivity contribution in [2.75, 3.05) is 79.7 Å². The van der Waals surface area contributed by atoms with Gasteiger partial charge in [0.2, 0.25) is 5.75 Å². The second-order valence-electron chi connectivity index (χ2n) is 17.2. The molecule has 4 aromatic rings. The summed E-state index contributed by atoms with van der Waals surface area (Å²) in [5, 5.41) is 5.21. The molecule has 0 aliphatic heterocycles. The summed E-state index contributed by atoms with van der Waals surface area (Å²) in [5.74, 6) is 3.36. The van der Waals surface area contributed by atoms with Gasteiger partial charge in [0.15, 0.2) is 23.0 Å². The second kappa shape index (κ2) is 34.3. The zero-order valence-corrected chi connectivity index (χ0v) is 39.6. The van der Waals surface area contributed by atoms with E-state index < -0.39 is 0 Å². The molecule has 0 N–H and O–H groups in total. The maximum absolute atomic E-state index is 13.0. The highest BCUT2D eigenvalue weighted by Gasteiger charge is 2.24. The van der Waals surface area contributed by atoms with E-state index in [1.165, 1.54) is 0 Å². The van der Waals surface area contributed by atoms with Gasteiger partial charge in [0.25, 0.3) is 0 Å². The molecule has 0 fully saturated rings. The molecule has 0 amide bonds. The van der Waals surface area contributed by atoms with Gasteiger partial charge in [0.1, 0.15) is 5.75 Å². The number of benzene rings is 4. The van der Waals surface area contributed by atoms with Crippen LogP contribution in [0.25, 0.3) is 32.3 Å². The van der Waals surface area contributed by atoms with Crippen LogP contribution in [0.4, 0.5) is 26.3 Å². The van der Waals surface area contributed by atoms with Crippen LogP contribution < -0.4 is 28.4 Å². The molecule has 372 valence electrons. The first-order valence-electron chi connectivity index (χ1n) is 25.3. The largest absolute Gasteiger partial charge is 0.494 e. The summed E-state index contributed by atoms with van der Waals surface area (Å²) < 4.78 is 117. The van der Waals surface area contributed by atoms with Crippen molar-refractivity contribution in [3.05, 3.63) is 36.4 Å². The van der Waals surface area contributed by atoms with Gasteiger partial charge in [-0.15, -0.1) is 0 Å². The average Bonchev–Trinajstić information content (AvgIpc) is 3.33. The number of ether oxygens (including phenoxy) is 6. The van der Waals surface area contributed by atoms with Gasteiger partial charge in [-0.3, -0.25) is 26.3 Å². The van der Waals surface area contributed by atoms with Crippen molar-refractivity contribution in [3.63, 3.8) is 0 Å². The van der Waals surface area contributed by atoms with E-state index in [1.807, 2.05) is 36.4 Å². The number of rotatable bonds is 42. The smallest absolute Gasteiger partial charge is 0.204 e. The summed E-state index contributed by atoms with van der Waals surface area (Å²) in [5.41, 5.74) is 0. The molecule has 66 heavy (non-hydrogen) atoms. The van der Waals surface area contributed by atoms with Crippen LogP contribution in [0.1, 0.15) is 154 Å². The Bertz CT molecular complexity index is 1890. The fourth-order valence-electron chi connectivity index (χ4n) is 8.15. The van der Waals surface area contributed by atoms with Crippen molar-refractivity contribution in [3.8, 4) is 34.5 Å². The molecule has 12 heteroatoms. The Balaban J connectivity index is 1.95. The lowest BCUT2D eigenvalue weighted by Gasteiger charge is -2.23. The third-order valence-corrected chi connectivity index (χ3v) is 11.8. The summed E-state index contributed by atoms with van der Waals surface area (Å²) in [7, 11) is 0. The molecule has 0 aliphatic carbocycles. The molecular formula is C54H78F6O6. The third-order valence-electron chi connectivity index (χ3n) is 11.8. The number of alkyl halides is 6. The monoisotopic (exact) mass is 937 g/mol. The first-order chi connectivity index (χ1) is 32.6. The molecular weight excluding hydrogens is 859 g/mol. The lowest BCUT2D eigenvalue weighted by Crippen LogP contribution is -2.07. The molecule has 0 heterocycles.